The average Bonchev–Trinajstić information content (AvgIpc) is 3.10. The molecule has 3 rings (SSSR count). The molecule has 0 atom stereocenters. The van der Waals surface area contributed by atoms with E-state index < -0.39 is 5.97 Å². The minimum absolute atomic E-state index is 0.197. The molecule has 31 heavy (non-hydrogen) atoms. The van der Waals surface area contributed by atoms with Gasteiger partial charge in [-0.3, -0.25) is 4.79 Å². The Morgan fingerprint density at radius 1 is 1.13 bits per heavy atom. The second kappa shape index (κ2) is 10.7. The van der Waals surface area contributed by atoms with E-state index in [1.807, 2.05) is 31.2 Å². The Morgan fingerprint density at radius 2 is 1.84 bits per heavy atom. The molecular weight excluding hydrogens is 436 g/mol. The predicted octanol–water partition coefficient (Wildman–Crippen LogP) is 4.48. The maximum Gasteiger partial charge on any atom is 0.410 e. The average molecular weight is 463 g/mol. The summed E-state index contributed by atoms with van der Waals surface area (Å²) in [5.74, 6) is -0.425. The zero-order valence-electron chi connectivity index (χ0n) is 17.9. The number of thioether (sulfide) groups is 1. The summed E-state index contributed by atoms with van der Waals surface area (Å²) in [7, 11) is 0. The second-order valence-corrected chi connectivity index (χ2v) is 9.10. The van der Waals surface area contributed by atoms with Crippen LogP contribution in [0.4, 0.5) is 9.80 Å². The Hall–Kier alpha value is -2.52. The number of anilines is 1. The second-order valence-electron chi connectivity index (χ2n) is 6.95. The third kappa shape index (κ3) is 5.80. The van der Waals surface area contributed by atoms with Crippen LogP contribution in [-0.2, 0) is 27.2 Å². The molecule has 0 saturated carbocycles. The minimum Gasteiger partial charge on any atom is -0.462 e. The Morgan fingerprint density at radius 3 is 2.52 bits per heavy atom. The Labute approximate surface area is 190 Å². The summed E-state index contributed by atoms with van der Waals surface area (Å²) in [4.78, 5) is 40.8. The van der Waals surface area contributed by atoms with E-state index in [9.17, 15) is 14.4 Å². The van der Waals surface area contributed by atoms with E-state index in [-0.39, 0.29) is 24.4 Å². The van der Waals surface area contributed by atoms with Gasteiger partial charge in [-0.15, -0.1) is 23.1 Å². The molecule has 0 bridgehead atoms. The summed E-state index contributed by atoms with van der Waals surface area (Å²) >= 11 is 2.75. The van der Waals surface area contributed by atoms with Gasteiger partial charge in [0.1, 0.15) is 5.00 Å². The molecule has 2 amide bonds. The third-order valence-electron chi connectivity index (χ3n) is 4.71. The van der Waals surface area contributed by atoms with E-state index in [0.717, 1.165) is 20.9 Å². The number of rotatable bonds is 7. The fourth-order valence-corrected chi connectivity index (χ4v) is 5.19. The van der Waals surface area contributed by atoms with Gasteiger partial charge in [-0.05, 0) is 44.9 Å². The molecule has 7 nitrogen and oxygen atoms in total. The Balaban J connectivity index is 1.75. The lowest BCUT2D eigenvalue weighted by Gasteiger charge is -2.26. The quantitative estimate of drug-likeness (QED) is 0.482. The molecule has 2 heterocycles. The van der Waals surface area contributed by atoms with Gasteiger partial charge in [0.15, 0.2) is 0 Å². The molecule has 1 aliphatic heterocycles. The molecule has 166 valence electrons. The summed E-state index contributed by atoms with van der Waals surface area (Å²) < 4.78 is 10.3. The number of aryl methyl sites for hydroxylation is 1. The highest BCUT2D eigenvalue weighted by atomic mass is 32.2. The van der Waals surface area contributed by atoms with Gasteiger partial charge in [-0.2, -0.15) is 0 Å². The van der Waals surface area contributed by atoms with Crippen molar-refractivity contribution in [2.24, 2.45) is 0 Å². The molecule has 0 radical (unpaired) electrons. The van der Waals surface area contributed by atoms with Crippen molar-refractivity contribution in [3.8, 4) is 0 Å². The number of hydrogen-bond donors (Lipinski definition) is 1. The summed E-state index contributed by atoms with van der Waals surface area (Å²) in [6, 6.07) is 7.96. The first-order chi connectivity index (χ1) is 14.9. The molecule has 0 fully saturated rings. The summed E-state index contributed by atoms with van der Waals surface area (Å²) in [6.07, 6.45) is 0.131. The van der Waals surface area contributed by atoms with Crippen molar-refractivity contribution in [2.45, 2.75) is 38.6 Å². The first-order valence-electron chi connectivity index (χ1n) is 10.2. The highest BCUT2D eigenvalue weighted by Gasteiger charge is 2.31. The van der Waals surface area contributed by atoms with Crippen LogP contribution in [0.25, 0.3) is 0 Å². The van der Waals surface area contributed by atoms with Crippen LogP contribution in [0, 0.1) is 6.92 Å². The van der Waals surface area contributed by atoms with Crippen molar-refractivity contribution in [2.75, 3.05) is 30.8 Å². The number of carbonyl (C=O) groups excluding carboxylic acids is 3. The highest BCUT2D eigenvalue weighted by molar-refractivity contribution is 8.00. The lowest BCUT2D eigenvalue weighted by atomic mass is 10.0. The van der Waals surface area contributed by atoms with E-state index in [0.29, 0.717) is 36.7 Å². The monoisotopic (exact) mass is 462 g/mol. The summed E-state index contributed by atoms with van der Waals surface area (Å²) in [5.41, 5.74) is 2.40. The molecule has 0 saturated heterocycles. The molecule has 1 N–H and O–H groups in total. The Kier molecular flexibility index (Phi) is 7.97. The molecule has 0 aliphatic carbocycles. The van der Waals surface area contributed by atoms with Gasteiger partial charge in [0.05, 0.1) is 31.1 Å². The fourth-order valence-electron chi connectivity index (χ4n) is 3.23. The van der Waals surface area contributed by atoms with Crippen LogP contribution in [0.3, 0.4) is 0 Å². The van der Waals surface area contributed by atoms with E-state index in [2.05, 4.69) is 5.32 Å². The normalized spacial score (nSPS) is 12.8. The van der Waals surface area contributed by atoms with Gasteiger partial charge in [0, 0.05) is 16.3 Å². The number of ether oxygens (including phenoxy) is 2. The van der Waals surface area contributed by atoms with Crippen LogP contribution in [0.15, 0.2) is 29.2 Å². The molecule has 2 aromatic rings. The highest BCUT2D eigenvalue weighted by Crippen LogP contribution is 2.38. The molecule has 9 heteroatoms. The van der Waals surface area contributed by atoms with Crippen molar-refractivity contribution < 1.29 is 23.9 Å². The third-order valence-corrected chi connectivity index (χ3v) is 6.85. The van der Waals surface area contributed by atoms with Crippen molar-refractivity contribution in [1.82, 2.24) is 4.90 Å². The SMILES string of the molecule is CCOC(=O)c1c(NC(=O)CSc2ccc(C)cc2)sc2c1CCN(C(=O)OCC)C2. The number of nitrogens with one attached hydrogen (secondary N) is 1. The molecule has 1 aliphatic rings. The van der Waals surface area contributed by atoms with E-state index in [1.54, 1.807) is 18.7 Å². The van der Waals surface area contributed by atoms with Crippen molar-refractivity contribution in [3.63, 3.8) is 0 Å². The molecule has 1 aromatic carbocycles. The number of esters is 1. The zero-order valence-corrected chi connectivity index (χ0v) is 19.5. The lowest BCUT2D eigenvalue weighted by Crippen LogP contribution is -2.36. The number of nitrogens with zero attached hydrogens (tertiary/aromatic N) is 1. The van der Waals surface area contributed by atoms with Gasteiger partial charge in [-0.25, -0.2) is 9.59 Å². The van der Waals surface area contributed by atoms with Crippen molar-refractivity contribution in [1.29, 1.82) is 0 Å². The topological polar surface area (TPSA) is 84.9 Å². The van der Waals surface area contributed by atoms with Crippen LogP contribution < -0.4 is 5.32 Å². The summed E-state index contributed by atoms with van der Waals surface area (Å²) in [5, 5.41) is 3.36. The molecule has 0 unspecified atom stereocenters. The van der Waals surface area contributed by atoms with Gasteiger partial charge >= 0.3 is 12.1 Å². The van der Waals surface area contributed by atoms with E-state index >= 15 is 0 Å². The van der Waals surface area contributed by atoms with Crippen LogP contribution in [0.5, 0.6) is 0 Å². The maximum atomic E-state index is 12.6. The van der Waals surface area contributed by atoms with Gasteiger partial charge in [0.25, 0.3) is 0 Å². The smallest absolute Gasteiger partial charge is 0.410 e. The lowest BCUT2D eigenvalue weighted by molar-refractivity contribution is -0.113. The van der Waals surface area contributed by atoms with Crippen molar-refractivity contribution >= 4 is 46.1 Å². The number of carbonyl (C=O) groups is 3. The van der Waals surface area contributed by atoms with Crippen molar-refractivity contribution in [3.05, 3.63) is 45.8 Å². The Bertz CT molecular complexity index is 956. The number of amides is 2. The van der Waals surface area contributed by atoms with E-state index in [1.165, 1.54) is 23.1 Å². The molecular formula is C22H26N2O5S2. The largest absolute Gasteiger partial charge is 0.462 e. The van der Waals surface area contributed by atoms with Crippen LogP contribution in [0.2, 0.25) is 0 Å². The standard InChI is InChI=1S/C22H26N2O5S2/c1-4-28-21(26)19-16-10-11-24(22(27)29-5-2)12-17(16)31-20(19)23-18(25)13-30-15-8-6-14(3)7-9-15/h6-9H,4-5,10-13H2,1-3H3,(H,23,25). The van der Waals surface area contributed by atoms with Gasteiger partial charge < -0.3 is 19.7 Å². The fraction of sp³-hybridized carbons (Fsp3) is 0.409. The van der Waals surface area contributed by atoms with E-state index in [4.69, 9.17) is 9.47 Å². The van der Waals surface area contributed by atoms with Crippen LogP contribution in [-0.4, -0.2) is 48.4 Å². The number of benzene rings is 1. The van der Waals surface area contributed by atoms with Crippen LogP contribution in [0.1, 0.15) is 40.2 Å². The summed E-state index contributed by atoms with van der Waals surface area (Å²) in [6.45, 7) is 6.87. The molecule has 1 aromatic heterocycles. The number of hydrogen-bond acceptors (Lipinski definition) is 7. The van der Waals surface area contributed by atoms with Gasteiger partial charge in [-0.1, -0.05) is 17.7 Å². The van der Waals surface area contributed by atoms with Gasteiger partial charge in [0.2, 0.25) is 5.91 Å². The first kappa shape index (κ1) is 23.1. The number of thiophene rings is 1. The van der Waals surface area contributed by atoms with Crippen LogP contribution >= 0.6 is 23.1 Å². The zero-order chi connectivity index (χ0) is 22.4. The number of fused-ring (bicyclic) bond motifs is 1. The minimum atomic E-state index is -0.453. The molecule has 0 spiro atoms. The predicted molar refractivity (Wildman–Crippen MR) is 122 cm³/mol. The maximum absolute atomic E-state index is 12.6. The first-order valence-corrected chi connectivity index (χ1v) is 12.0.